The molecule has 0 spiro atoms. The van der Waals surface area contributed by atoms with Gasteiger partial charge in [-0.15, -0.1) is 0 Å². The van der Waals surface area contributed by atoms with Crippen LogP contribution in [0.5, 0.6) is 0 Å². The topological polar surface area (TPSA) is 70.2 Å². The van der Waals surface area contributed by atoms with Gasteiger partial charge in [0, 0.05) is 38.2 Å². The predicted molar refractivity (Wildman–Crippen MR) is 88.8 cm³/mol. The molecule has 23 heavy (non-hydrogen) atoms. The minimum absolute atomic E-state index is 0.171. The van der Waals surface area contributed by atoms with E-state index in [4.69, 9.17) is 0 Å². The average molecular weight is 311 g/mol. The van der Waals surface area contributed by atoms with Gasteiger partial charge in [-0.2, -0.15) is 0 Å². The fourth-order valence-electron chi connectivity index (χ4n) is 2.63. The van der Waals surface area contributed by atoms with Crippen LogP contribution in [0.25, 0.3) is 0 Å². The Bertz CT molecular complexity index is 638. The summed E-state index contributed by atoms with van der Waals surface area (Å²) in [5.41, 5.74) is 5.62. The van der Waals surface area contributed by atoms with Crippen LogP contribution < -0.4 is 15.8 Å². The monoisotopic (exact) mass is 311 g/mol. The van der Waals surface area contributed by atoms with Crippen molar-refractivity contribution in [2.45, 2.75) is 25.8 Å². The maximum atomic E-state index is 12.5. The van der Waals surface area contributed by atoms with Crippen LogP contribution in [0.4, 0.5) is 5.69 Å². The number of anilines is 1. The highest BCUT2D eigenvalue weighted by atomic mass is 16.1. The van der Waals surface area contributed by atoms with Gasteiger partial charge in [0.1, 0.15) is 0 Å². The van der Waals surface area contributed by atoms with Crippen molar-refractivity contribution in [1.29, 1.82) is 0 Å². The number of hydrogen-bond acceptors (Lipinski definition) is 5. The third-order valence-electron chi connectivity index (χ3n) is 3.83. The first-order chi connectivity index (χ1) is 11.3. The van der Waals surface area contributed by atoms with Gasteiger partial charge < -0.3 is 10.3 Å². The Morgan fingerprint density at radius 3 is 3.00 bits per heavy atom. The SMILES string of the molecule is O=C(NCc1cccnc1)c1ncccc1N1CCCCCN1. The van der Waals surface area contributed by atoms with Crippen LogP contribution in [0.2, 0.25) is 0 Å². The van der Waals surface area contributed by atoms with Gasteiger partial charge >= 0.3 is 0 Å². The maximum absolute atomic E-state index is 12.5. The molecule has 0 aliphatic carbocycles. The zero-order valence-electron chi connectivity index (χ0n) is 13.0. The van der Waals surface area contributed by atoms with Crippen molar-refractivity contribution in [3.8, 4) is 0 Å². The van der Waals surface area contributed by atoms with Crippen LogP contribution in [0, 0.1) is 0 Å². The molecule has 6 nitrogen and oxygen atoms in total. The van der Waals surface area contributed by atoms with Gasteiger partial charge in [0.2, 0.25) is 0 Å². The number of pyridine rings is 2. The zero-order valence-corrected chi connectivity index (χ0v) is 13.0. The van der Waals surface area contributed by atoms with E-state index in [1.165, 1.54) is 6.42 Å². The molecule has 1 amide bonds. The fraction of sp³-hybridized carbons (Fsp3) is 0.353. The predicted octanol–water partition coefficient (Wildman–Crippen LogP) is 1.90. The molecule has 1 aliphatic heterocycles. The largest absolute Gasteiger partial charge is 0.346 e. The van der Waals surface area contributed by atoms with E-state index in [9.17, 15) is 4.79 Å². The van der Waals surface area contributed by atoms with E-state index >= 15 is 0 Å². The normalized spacial score (nSPS) is 15.0. The lowest BCUT2D eigenvalue weighted by molar-refractivity contribution is 0.0946. The third-order valence-corrected chi connectivity index (χ3v) is 3.83. The number of nitrogens with one attached hydrogen (secondary N) is 2. The summed E-state index contributed by atoms with van der Waals surface area (Å²) in [5.74, 6) is -0.171. The second kappa shape index (κ2) is 7.69. The molecule has 0 radical (unpaired) electrons. The Hall–Kier alpha value is -2.47. The van der Waals surface area contributed by atoms with Crippen LogP contribution in [0.15, 0.2) is 42.9 Å². The van der Waals surface area contributed by atoms with E-state index in [2.05, 4.69) is 20.7 Å². The highest BCUT2D eigenvalue weighted by Crippen LogP contribution is 2.19. The summed E-state index contributed by atoms with van der Waals surface area (Å²) < 4.78 is 0. The Morgan fingerprint density at radius 1 is 1.22 bits per heavy atom. The molecular weight excluding hydrogens is 290 g/mol. The molecule has 0 saturated carbocycles. The van der Waals surface area contributed by atoms with E-state index in [0.717, 1.165) is 37.2 Å². The molecule has 1 fully saturated rings. The Balaban J connectivity index is 1.72. The molecule has 6 heteroatoms. The van der Waals surface area contributed by atoms with Gasteiger partial charge in [-0.25, -0.2) is 10.4 Å². The van der Waals surface area contributed by atoms with Gasteiger partial charge in [-0.1, -0.05) is 12.5 Å². The first-order valence-corrected chi connectivity index (χ1v) is 7.98. The van der Waals surface area contributed by atoms with Crippen LogP contribution in [0.1, 0.15) is 35.3 Å². The standard InChI is InChI=1S/C17H21N5O/c23-17(20-13-14-6-4-8-18-12-14)16-15(7-5-9-19-16)22-11-3-1-2-10-21-22/h4-9,12,21H,1-3,10-11,13H2,(H,20,23). The van der Waals surface area contributed by atoms with Crippen LogP contribution in [0.3, 0.4) is 0 Å². The molecule has 0 unspecified atom stereocenters. The molecule has 3 heterocycles. The maximum Gasteiger partial charge on any atom is 0.272 e. The number of hydrogen-bond donors (Lipinski definition) is 2. The number of aromatic nitrogens is 2. The van der Waals surface area contributed by atoms with Gasteiger partial charge in [-0.3, -0.25) is 9.78 Å². The number of hydrazine groups is 1. The molecule has 1 aliphatic rings. The van der Waals surface area contributed by atoms with Crippen molar-refractivity contribution in [3.05, 3.63) is 54.1 Å². The van der Waals surface area contributed by atoms with E-state index in [0.29, 0.717) is 12.2 Å². The summed E-state index contributed by atoms with van der Waals surface area (Å²) in [6.45, 7) is 2.25. The Labute approximate surface area is 135 Å². The summed E-state index contributed by atoms with van der Waals surface area (Å²) >= 11 is 0. The first-order valence-electron chi connectivity index (χ1n) is 7.98. The minimum atomic E-state index is -0.171. The smallest absolute Gasteiger partial charge is 0.272 e. The van der Waals surface area contributed by atoms with Crippen molar-refractivity contribution in [2.24, 2.45) is 0 Å². The minimum Gasteiger partial charge on any atom is -0.346 e. The molecule has 2 aromatic rings. The van der Waals surface area contributed by atoms with Crippen molar-refractivity contribution >= 4 is 11.6 Å². The molecule has 0 aromatic carbocycles. The van der Waals surface area contributed by atoms with E-state index < -0.39 is 0 Å². The van der Waals surface area contributed by atoms with Crippen molar-refractivity contribution in [1.82, 2.24) is 20.7 Å². The van der Waals surface area contributed by atoms with Gasteiger partial charge in [0.05, 0.1) is 5.69 Å². The fourth-order valence-corrected chi connectivity index (χ4v) is 2.63. The van der Waals surface area contributed by atoms with Crippen molar-refractivity contribution < 1.29 is 4.79 Å². The lowest BCUT2D eigenvalue weighted by Crippen LogP contribution is -2.39. The lowest BCUT2D eigenvalue weighted by Gasteiger charge is -2.24. The van der Waals surface area contributed by atoms with Crippen LogP contribution in [-0.2, 0) is 6.54 Å². The van der Waals surface area contributed by atoms with Gasteiger partial charge in [-0.05, 0) is 36.6 Å². The molecular formula is C17H21N5O. The summed E-state index contributed by atoms with van der Waals surface area (Å²) in [4.78, 5) is 20.9. The summed E-state index contributed by atoms with van der Waals surface area (Å²) in [7, 11) is 0. The average Bonchev–Trinajstić information content (AvgIpc) is 2.90. The van der Waals surface area contributed by atoms with Gasteiger partial charge in [0.25, 0.3) is 5.91 Å². The number of carbonyl (C=O) groups excluding carboxylic acids is 1. The van der Waals surface area contributed by atoms with Crippen LogP contribution in [-0.4, -0.2) is 29.0 Å². The Morgan fingerprint density at radius 2 is 2.13 bits per heavy atom. The number of amides is 1. The number of carbonyl (C=O) groups is 1. The molecule has 2 N–H and O–H groups in total. The van der Waals surface area contributed by atoms with Crippen molar-refractivity contribution in [2.75, 3.05) is 18.1 Å². The highest BCUT2D eigenvalue weighted by Gasteiger charge is 2.18. The quantitative estimate of drug-likeness (QED) is 0.902. The summed E-state index contributed by atoms with van der Waals surface area (Å²) in [6.07, 6.45) is 8.58. The molecule has 120 valence electrons. The lowest BCUT2D eigenvalue weighted by atomic mass is 10.2. The first kappa shape index (κ1) is 15.4. The molecule has 3 rings (SSSR count). The van der Waals surface area contributed by atoms with Gasteiger partial charge in [0.15, 0.2) is 5.69 Å². The number of nitrogens with zero attached hydrogens (tertiary/aromatic N) is 3. The molecule has 0 atom stereocenters. The zero-order chi connectivity index (χ0) is 15.9. The van der Waals surface area contributed by atoms with E-state index in [1.54, 1.807) is 18.6 Å². The highest BCUT2D eigenvalue weighted by molar-refractivity contribution is 5.97. The molecule has 2 aromatic heterocycles. The molecule has 0 bridgehead atoms. The number of rotatable bonds is 4. The summed E-state index contributed by atoms with van der Waals surface area (Å²) in [6, 6.07) is 7.59. The second-order valence-corrected chi connectivity index (χ2v) is 5.54. The second-order valence-electron chi connectivity index (χ2n) is 5.54. The van der Waals surface area contributed by atoms with Crippen molar-refractivity contribution in [3.63, 3.8) is 0 Å². The molecule has 1 saturated heterocycles. The Kier molecular flexibility index (Phi) is 5.16. The third kappa shape index (κ3) is 4.04. The van der Waals surface area contributed by atoms with Crippen LogP contribution >= 0.6 is 0 Å². The van der Waals surface area contributed by atoms with E-state index in [1.807, 2.05) is 29.3 Å². The summed E-state index contributed by atoms with van der Waals surface area (Å²) in [5, 5.41) is 4.96. The van der Waals surface area contributed by atoms with E-state index in [-0.39, 0.29) is 5.91 Å².